The number of alkyl halides is 3. The van der Waals surface area contributed by atoms with E-state index < -0.39 is 58.8 Å². The van der Waals surface area contributed by atoms with E-state index in [9.17, 15) is 42.7 Å². The number of amides is 4. The summed E-state index contributed by atoms with van der Waals surface area (Å²) in [5, 5.41) is 30.2. The number of carbonyl (C=O) groups excluding carboxylic acids is 4. The number of benzene rings is 3. The molecule has 3 saturated heterocycles. The molecule has 3 aromatic heterocycles. The van der Waals surface area contributed by atoms with Gasteiger partial charge in [0.15, 0.2) is 5.11 Å². The number of aryl methyl sites for hydroxylation is 2. The average molecular weight is 1150 g/mol. The standard InChI is InChI=1S/C60H62F3N11O6S2/c1-36(2)53(50-28-37(3)69-80-50)56(78)72-34-46(75)30-49(72)55(77)68-48(41-13-15-42(16-14-41)54-38(4)67-35-82-54)31-52(76)65-22-7-23-70-24-26-71(27-25-70)51-21-12-40(33-66-51)9-8-39-10-18-44(19-11-39)74-58(81)73(57(79)59(74,5)6)45-20-17-43(32-64)47(29-45)60(61,62)63/h10-21,28-29,33,35-36,46,48-49,53,75H,7,22-27,30-31,34H2,1-6H3,(H,65,76)(H,68,77)/t46-,48+,49+,53-/m1/s1. The number of nitriles is 1. The lowest BCUT2D eigenvalue weighted by Crippen LogP contribution is -2.49. The van der Waals surface area contributed by atoms with Gasteiger partial charge in [0, 0.05) is 74.8 Å². The van der Waals surface area contributed by atoms with Gasteiger partial charge in [-0.25, -0.2) is 9.97 Å². The van der Waals surface area contributed by atoms with Gasteiger partial charge in [0.05, 0.1) is 63.2 Å². The number of aromatic nitrogens is 3. The first-order valence-corrected chi connectivity index (χ1v) is 28.2. The maximum absolute atomic E-state index is 14.2. The van der Waals surface area contributed by atoms with Gasteiger partial charge in [0.1, 0.15) is 29.1 Å². The maximum atomic E-state index is 14.2. The number of rotatable bonds is 16. The Labute approximate surface area is 483 Å². The molecule has 3 aliphatic heterocycles. The first-order valence-electron chi connectivity index (χ1n) is 27.0. The lowest BCUT2D eigenvalue weighted by atomic mass is 9.91. The predicted octanol–water partition coefficient (Wildman–Crippen LogP) is 8.29. The highest BCUT2D eigenvalue weighted by Crippen LogP contribution is 2.40. The van der Waals surface area contributed by atoms with Crippen molar-refractivity contribution in [2.45, 2.75) is 96.6 Å². The van der Waals surface area contributed by atoms with Crippen LogP contribution in [0.3, 0.4) is 0 Å². The van der Waals surface area contributed by atoms with Gasteiger partial charge in [-0.05, 0) is 125 Å². The average Bonchev–Trinajstić information content (AvgIpc) is 2.50. The van der Waals surface area contributed by atoms with Crippen LogP contribution in [0.25, 0.3) is 10.4 Å². The summed E-state index contributed by atoms with van der Waals surface area (Å²) in [5.41, 5.74) is 3.90. The molecule has 0 bridgehead atoms. The lowest BCUT2D eigenvalue weighted by molar-refractivity contribution is -0.141. The zero-order chi connectivity index (χ0) is 58.6. The molecule has 3 fully saturated rings. The summed E-state index contributed by atoms with van der Waals surface area (Å²) in [6.45, 7) is 15.0. The smallest absolute Gasteiger partial charge is 0.391 e. The van der Waals surface area contributed by atoms with Crippen molar-refractivity contribution in [3.8, 4) is 28.4 Å². The molecule has 3 N–H and O–H groups in total. The Morgan fingerprint density at radius 2 is 1.63 bits per heavy atom. The van der Waals surface area contributed by atoms with Crippen LogP contribution >= 0.6 is 23.6 Å². The van der Waals surface area contributed by atoms with Crippen LogP contribution in [-0.2, 0) is 25.4 Å². The molecule has 0 unspecified atom stereocenters. The summed E-state index contributed by atoms with van der Waals surface area (Å²) >= 11 is 7.21. The van der Waals surface area contributed by atoms with Gasteiger partial charge in [-0.3, -0.25) is 29.0 Å². The Hall–Kier alpha value is -8.02. The Balaban J connectivity index is 0.758. The second-order valence-corrected chi connectivity index (χ2v) is 22.8. The van der Waals surface area contributed by atoms with Crippen LogP contribution in [-0.4, -0.2) is 122 Å². The van der Waals surface area contributed by atoms with Crippen molar-refractivity contribution >= 4 is 69.5 Å². The molecule has 4 atom stereocenters. The van der Waals surface area contributed by atoms with Gasteiger partial charge < -0.3 is 35.0 Å². The van der Waals surface area contributed by atoms with Gasteiger partial charge in [-0.2, -0.15) is 18.4 Å². The van der Waals surface area contributed by atoms with E-state index in [1.807, 2.05) is 57.2 Å². The van der Waals surface area contributed by atoms with Crippen molar-refractivity contribution in [1.29, 1.82) is 5.26 Å². The highest BCUT2D eigenvalue weighted by molar-refractivity contribution is 7.81. The molecule has 4 amide bonds. The van der Waals surface area contributed by atoms with Crippen LogP contribution in [0.1, 0.15) is 104 Å². The summed E-state index contributed by atoms with van der Waals surface area (Å²) in [4.78, 5) is 74.4. The number of halogens is 3. The van der Waals surface area contributed by atoms with E-state index in [-0.39, 0.29) is 47.9 Å². The zero-order valence-corrected chi connectivity index (χ0v) is 47.8. The number of anilines is 3. The van der Waals surface area contributed by atoms with E-state index in [1.165, 1.54) is 22.3 Å². The van der Waals surface area contributed by atoms with Gasteiger partial charge >= 0.3 is 6.18 Å². The fourth-order valence-electron chi connectivity index (χ4n) is 10.6. The molecular weight excluding hydrogens is 1090 g/mol. The second kappa shape index (κ2) is 24.6. The first kappa shape index (κ1) is 58.6. The van der Waals surface area contributed by atoms with E-state index in [2.05, 4.69) is 42.4 Å². The number of β-amino-alcohol motifs (C(OH)–C–C–N with tert-alkyl or cyclic N) is 1. The number of aliphatic hydroxyl groups is 1. The number of thiocarbonyl (C=S) groups is 1. The highest BCUT2D eigenvalue weighted by Gasteiger charge is 2.51. The summed E-state index contributed by atoms with van der Waals surface area (Å²) in [5.74, 6) is 5.06. The van der Waals surface area contributed by atoms with Crippen LogP contribution in [0.4, 0.5) is 30.4 Å². The maximum Gasteiger partial charge on any atom is 0.417 e. The van der Waals surface area contributed by atoms with E-state index >= 15 is 0 Å². The fraction of sp³-hybridized carbons (Fsp3) is 0.383. The first-order chi connectivity index (χ1) is 39.1. The number of thiazole rings is 1. The molecule has 0 spiro atoms. The van der Waals surface area contributed by atoms with Crippen molar-refractivity contribution in [2.75, 3.05) is 60.5 Å². The number of piperazine rings is 1. The number of pyridine rings is 1. The predicted molar refractivity (Wildman–Crippen MR) is 308 cm³/mol. The molecule has 17 nitrogen and oxygen atoms in total. The van der Waals surface area contributed by atoms with Gasteiger partial charge in [0.2, 0.25) is 17.7 Å². The molecule has 82 heavy (non-hydrogen) atoms. The molecule has 9 rings (SSSR count). The number of hydrogen-bond donors (Lipinski definition) is 3. The van der Waals surface area contributed by atoms with Crippen LogP contribution < -0.4 is 25.3 Å². The third kappa shape index (κ3) is 12.9. The van der Waals surface area contributed by atoms with E-state index in [0.29, 0.717) is 46.8 Å². The van der Waals surface area contributed by atoms with Gasteiger partial charge in [-0.1, -0.05) is 55.1 Å². The van der Waals surface area contributed by atoms with Crippen LogP contribution in [0, 0.1) is 42.9 Å². The summed E-state index contributed by atoms with van der Waals surface area (Å²) in [6.07, 6.45) is -3.29. The van der Waals surface area contributed by atoms with E-state index in [0.717, 1.165) is 71.7 Å². The summed E-state index contributed by atoms with van der Waals surface area (Å²) < 4.78 is 46.9. The van der Waals surface area contributed by atoms with E-state index in [4.69, 9.17) is 21.7 Å². The van der Waals surface area contributed by atoms with Crippen molar-refractivity contribution in [2.24, 2.45) is 5.92 Å². The third-order valence-corrected chi connectivity index (χ3v) is 16.4. The molecule has 3 aliphatic rings. The molecule has 22 heteroatoms. The number of nitrogens with one attached hydrogen (secondary N) is 2. The van der Waals surface area contributed by atoms with Crippen LogP contribution in [0.5, 0.6) is 0 Å². The summed E-state index contributed by atoms with van der Waals surface area (Å²) in [6, 6.07) is 23.2. The highest BCUT2D eigenvalue weighted by atomic mass is 32.1. The van der Waals surface area contributed by atoms with Gasteiger partial charge in [-0.15, -0.1) is 11.3 Å². The third-order valence-electron chi connectivity index (χ3n) is 15.0. The molecular formula is C60H62F3N11O6S2. The lowest BCUT2D eigenvalue weighted by Gasteiger charge is -2.35. The second-order valence-electron chi connectivity index (χ2n) is 21.5. The Bertz CT molecular complexity index is 3450. The SMILES string of the molecule is Cc1cc([C@H](C(=O)N2C[C@H](O)C[C@H]2C(=O)N[C@@H](CC(=O)NCCCN2CCN(c3ccc(C#Cc4ccc(N5C(=S)N(c6ccc(C#N)c(C(F)(F)F)c6)C(=O)C5(C)C)cc4)cn3)CC2)c2ccc(-c3scnc3C)cc2)C(C)C)on1. The molecule has 0 saturated carbocycles. The molecule has 3 aromatic carbocycles. The molecule has 0 aliphatic carbocycles. The number of carbonyl (C=O) groups is 4. The number of nitrogens with zero attached hydrogens (tertiary/aromatic N) is 9. The molecule has 6 heterocycles. The van der Waals surface area contributed by atoms with Crippen LogP contribution in [0.15, 0.2) is 101 Å². The largest absolute Gasteiger partial charge is 0.417 e. The van der Waals surface area contributed by atoms with Crippen molar-refractivity contribution in [3.05, 3.63) is 142 Å². The fourth-order valence-corrected chi connectivity index (χ4v) is 12.0. The van der Waals surface area contributed by atoms with Crippen molar-refractivity contribution in [3.63, 3.8) is 0 Å². The minimum atomic E-state index is -4.81. The minimum absolute atomic E-state index is 0.00226. The van der Waals surface area contributed by atoms with Crippen LogP contribution in [0.2, 0.25) is 0 Å². The number of hydrogen-bond acceptors (Lipinski definition) is 14. The number of aliphatic hydroxyl groups excluding tert-OH is 1. The van der Waals surface area contributed by atoms with E-state index in [1.54, 1.807) is 73.8 Å². The van der Waals surface area contributed by atoms with Gasteiger partial charge in [0.25, 0.3) is 5.91 Å². The number of likely N-dealkylation sites (tertiary alicyclic amines) is 1. The summed E-state index contributed by atoms with van der Waals surface area (Å²) in [7, 11) is 0. The quantitative estimate of drug-likeness (QED) is 0.0474. The topological polar surface area (TPSA) is 204 Å². The Morgan fingerprint density at radius 3 is 2.26 bits per heavy atom. The Kier molecular flexibility index (Phi) is 17.6. The molecule has 426 valence electrons. The molecule has 6 aromatic rings. The Morgan fingerprint density at radius 1 is 0.939 bits per heavy atom. The minimum Gasteiger partial charge on any atom is -0.391 e. The monoisotopic (exact) mass is 1150 g/mol. The molecule has 0 radical (unpaired) electrons. The zero-order valence-electron chi connectivity index (χ0n) is 46.2. The normalized spacial score (nSPS) is 18.1. The van der Waals surface area contributed by atoms with Crippen molar-refractivity contribution in [1.82, 2.24) is 35.6 Å². The van der Waals surface area contributed by atoms with Crippen molar-refractivity contribution < 1.29 is 42.0 Å².